The minimum Gasteiger partial charge on any atom is -0.387 e. The average Bonchev–Trinajstić information content (AvgIpc) is 3.08. The SMILES string of the molecule is OC(CN1CCC(Cc2ccccc2)CC1)c1csc2ccccc12. The van der Waals surface area contributed by atoms with Crippen LogP contribution in [-0.2, 0) is 6.42 Å². The first-order valence-corrected chi connectivity index (χ1v) is 10.1. The summed E-state index contributed by atoms with van der Waals surface area (Å²) in [5, 5.41) is 14.1. The molecule has 1 aliphatic rings. The Balaban J connectivity index is 1.32. The number of nitrogens with zero attached hydrogens (tertiary/aromatic N) is 1. The normalized spacial score (nSPS) is 17.8. The fourth-order valence-corrected chi connectivity index (χ4v) is 4.93. The molecule has 0 aliphatic carbocycles. The van der Waals surface area contributed by atoms with Crippen molar-refractivity contribution in [2.45, 2.75) is 25.4 Å². The van der Waals surface area contributed by atoms with Crippen LogP contribution in [0.5, 0.6) is 0 Å². The van der Waals surface area contributed by atoms with Crippen molar-refractivity contribution in [1.82, 2.24) is 4.90 Å². The van der Waals surface area contributed by atoms with Gasteiger partial charge in [0.05, 0.1) is 6.10 Å². The summed E-state index contributed by atoms with van der Waals surface area (Å²) in [6.07, 6.45) is 3.26. The van der Waals surface area contributed by atoms with Gasteiger partial charge in [0.15, 0.2) is 0 Å². The number of β-amino-alcohol motifs (C(OH)–C–C–N with tert-alkyl or cyclic N) is 1. The van der Waals surface area contributed by atoms with E-state index in [9.17, 15) is 5.11 Å². The molecule has 1 fully saturated rings. The van der Waals surface area contributed by atoms with Crippen molar-refractivity contribution in [3.63, 3.8) is 0 Å². The molecule has 2 aromatic carbocycles. The lowest BCUT2D eigenvalue weighted by Gasteiger charge is -2.33. The minimum absolute atomic E-state index is 0.387. The molecule has 3 heteroatoms. The average molecular weight is 352 g/mol. The molecule has 2 nitrogen and oxygen atoms in total. The largest absolute Gasteiger partial charge is 0.387 e. The number of aliphatic hydroxyl groups is 1. The van der Waals surface area contributed by atoms with Crippen molar-refractivity contribution in [3.05, 3.63) is 71.1 Å². The van der Waals surface area contributed by atoms with Crippen molar-refractivity contribution in [2.24, 2.45) is 5.92 Å². The van der Waals surface area contributed by atoms with Gasteiger partial charge < -0.3 is 10.0 Å². The standard InChI is InChI=1S/C22H25NOS/c24-21(20-16-25-22-9-5-4-8-19(20)22)15-23-12-10-18(11-13-23)14-17-6-2-1-3-7-17/h1-9,16,18,21,24H,10-15H2. The Morgan fingerprint density at radius 2 is 1.72 bits per heavy atom. The molecule has 0 radical (unpaired) electrons. The molecule has 1 aromatic heterocycles. The lowest BCUT2D eigenvalue weighted by atomic mass is 9.90. The van der Waals surface area contributed by atoms with Gasteiger partial charge in [-0.05, 0) is 60.7 Å². The molecule has 0 amide bonds. The molecular weight excluding hydrogens is 326 g/mol. The van der Waals surface area contributed by atoms with Crippen LogP contribution in [0.1, 0.15) is 30.1 Å². The first-order chi connectivity index (χ1) is 12.3. The number of fused-ring (bicyclic) bond motifs is 1. The smallest absolute Gasteiger partial charge is 0.0930 e. The highest BCUT2D eigenvalue weighted by Crippen LogP contribution is 2.31. The summed E-state index contributed by atoms with van der Waals surface area (Å²) >= 11 is 1.73. The molecule has 1 aliphatic heterocycles. The van der Waals surface area contributed by atoms with Crippen molar-refractivity contribution >= 4 is 21.4 Å². The molecule has 2 heterocycles. The maximum atomic E-state index is 10.7. The van der Waals surface area contributed by atoms with E-state index in [4.69, 9.17) is 0 Å². The molecule has 3 aromatic rings. The molecule has 0 bridgehead atoms. The Morgan fingerprint density at radius 1 is 1.00 bits per heavy atom. The molecule has 1 atom stereocenters. The Morgan fingerprint density at radius 3 is 2.52 bits per heavy atom. The number of thiophene rings is 1. The Labute approximate surface area is 153 Å². The number of likely N-dealkylation sites (tertiary alicyclic amines) is 1. The van der Waals surface area contributed by atoms with E-state index in [0.717, 1.165) is 31.1 Å². The van der Waals surface area contributed by atoms with E-state index in [0.29, 0.717) is 0 Å². The van der Waals surface area contributed by atoms with Gasteiger partial charge in [0.25, 0.3) is 0 Å². The van der Waals surface area contributed by atoms with Gasteiger partial charge in [-0.1, -0.05) is 48.5 Å². The summed E-state index contributed by atoms with van der Waals surface area (Å²) in [5.41, 5.74) is 2.54. The summed E-state index contributed by atoms with van der Waals surface area (Å²) in [5.74, 6) is 0.776. The summed E-state index contributed by atoms with van der Waals surface area (Å²) in [6.45, 7) is 2.94. The van der Waals surface area contributed by atoms with Crippen LogP contribution in [-0.4, -0.2) is 29.6 Å². The van der Waals surface area contributed by atoms with Crippen molar-refractivity contribution in [1.29, 1.82) is 0 Å². The van der Waals surface area contributed by atoms with Crippen LogP contribution in [0.3, 0.4) is 0 Å². The molecule has 1 N–H and O–H groups in total. The van der Waals surface area contributed by atoms with Crippen molar-refractivity contribution < 1.29 is 5.11 Å². The number of rotatable bonds is 5. The fourth-order valence-electron chi connectivity index (χ4n) is 3.92. The zero-order valence-electron chi connectivity index (χ0n) is 14.5. The molecule has 0 spiro atoms. The van der Waals surface area contributed by atoms with Crippen LogP contribution >= 0.6 is 11.3 Å². The molecular formula is C22H25NOS. The summed E-state index contributed by atoms with van der Waals surface area (Å²) in [4.78, 5) is 2.43. The Bertz CT molecular complexity index is 805. The van der Waals surface area contributed by atoms with E-state index in [1.807, 2.05) is 0 Å². The summed E-state index contributed by atoms with van der Waals surface area (Å²) in [6, 6.07) is 19.2. The van der Waals surface area contributed by atoms with Gasteiger partial charge in [0.2, 0.25) is 0 Å². The topological polar surface area (TPSA) is 23.5 Å². The highest BCUT2D eigenvalue weighted by Gasteiger charge is 2.22. The lowest BCUT2D eigenvalue weighted by Crippen LogP contribution is -2.37. The quantitative estimate of drug-likeness (QED) is 0.707. The number of benzene rings is 2. The molecule has 25 heavy (non-hydrogen) atoms. The number of aliphatic hydroxyl groups excluding tert-OH is 1. The lowest BCUT2D eigenvalue weighted by molar-refractivity contribution is 0.0903. The van der Waals surface area contributed by atoms with E-state index < -0.39 is 0 Å². The van der Waals surface area contributed by atoms with Crippen LogP contribution in [0.4, 0.5) is 0 Å². The van der Waals surface area contributed by atoms with Gasteiger partial charge >= 0.3 is 0 Å². The third-order valence-corrected chi connectivity index (χ3v) is 6.36. The van der Waals surface area contributed by atoms with Crippen LogP contribution in [0.25, 0.3) is 10.1 Å². The second-order valence-electron chi connectivity index (χ2n) is 7.14. The predicted octanol–water partition coefficient (Wildman–Crippen LogP) is 4.89. The van der Waals surface area contributed by atoms with Crippen molar-refractivity contribution in [3.8, 4) is 0 Å². The van der Waals surface area contributed by atoms with E-state index in [2.05, 4.69) is 64.9 Å². The van der Waals surface area contributed by atoms with E-state index >= 15 is 0 Å². The third-order valence-electron chi connectivity index (χ3n) is 5.38. The maximum absolute atomic E-state index is 10.7. The van der Waals surface area contributed by atoms with Crippen molar-refractivity contribution in [2.75, 3.05) is 19.6 Å². The van der Waals surface area contributed by atoms with Crippen LogP contribution < -0.4 is 0 Å². The van der Waals surface area contributed by atoms with E-state index in [1.54, 1.807) is 11.3 Å². The zero-order chi connectivity index (χ0) is 17.1. The first kappa shape index (κ1) is 16.8. The number of piperidine rings is 1. The maximum Gasteiger partial charge on any atom is 0.0930 e. The monoisotopic (exact) mass is 351 g/mol. The van der Waals surface area contributed by atoms with Gasteiger partial charge in [-0.25, -0.2) is 0 Å². The van der Waals surface area contributed by atoms with Gasteiger partial charge in [-0.2, -0.15) is 0 Å². The predicted molar refractivity (Wildman–Crippen MR) is 106 cm³/mol. The van der Waals surface area contributed by atoms with E-state index in [-0.39, 0.29) is 6.10 Å². The van der Waals surface area contributed by atoms with Crippen LogP contribution in [0.15, 0.2) is 60.0 Å². The van der Waals surface area contributed by atoms with Crippen LogP contribution in [0.2, 0.25) is 0 Å². The highest BCUT2D eigenvalue weighted by atomic mass is 32.1. The zero-order valence-corrected chi connectivity index (χ0v) is 15.3. The molecule has 130 valence electrons. The summed E-state index contributed by atoms with van der Waals surface area (Å²) < 4.78 is 1.26. The van der Waals surface area contributed by atoms with Gasteiger partial charge in [0, 0.05) is 16.8 Å². The number of hydrogen-bond acceptors (Lipinski definition) is 3. The molecule has 1 unspecified atom stereocenters. The second-order valence-corrected chi connectivity index (χ2v) is 8.05. The van der Waals surface area contributed by atoms with Crippen LogP contribution in [0, 0.1) is 5.92 Å². The van der Waals surface area contributed by atoms with E-state index in [1.165, 1.54) is 34.9 Å². The minimum atomic E-state index is -0.387. The Hall–Kier alpha value is -1.68. The third kappa shape index (κ3) is 3.95. The highest BCUT2D eigenvalue weighted by molar-refractivity contribution is 7.17. The Kier molecular flexibility index (Phi) is 5.16. The fraction of sp³-hybridized carbons (Fsp3) is 0.364. The van der Waals surface area contributed by atoms with Gasteiger partial charge in [-0.15, -0.1) is 11.3 Å². The first-order valence-electron chi connectivity index (χ1n) is 9.20. The molecule has 1 saturated heterocycles. The van der Waals surface area contributed by atoms with Gasteiger partial charge in [0.1, 0.15) is 0 Å². The second kappa shape index (κ2) is 7.69. The summed E-state index contributed by atoms with van der Waals surface area (Å²) in [7, 11) is 0. The number of hydrogen-bond donors (Lipinski definition) is 1. The molecule has 0 saturated carbocycles. The molecule has 4 rings (SSSR count). The van der Waals surface area contributed by atoms with Gasteiger partial charge in [-0.3, -0.25) is 0 Å².